The van der Waals surface area contributed by atoms with Crippen LogP contribution in [0.25, 0.3) is 0 Å². The van der Waals surface area contributed by atoms with Crippen LogP contribution in [0.5, 0.6) is 5.75 Å². The molecule has 0 spiro atoms. The largest absolute Gasteiger partial charge is 0.497 e. The van der Waals surface area contributed by atoms with Gasteiger partial charge in [-0.15, -0.1) is 0 Å². The third-order valence-corrected chi connectivity index (χ3v) is 4.46. The molecule has 1 saturated carbocycles. The molecule has 21 heavy (non-hydrogen) atoms. The lowest BCUT2D eigenvalue weighted by molar-refractivity contribution is -0.128. The Morgan fingerprint density at radius 3 is 2.43 bits per heavy atom. The maximum absolute atomic E-state index is 12.4. The molecule has 0 radical (unpaired) electrons. The van der Waals surface area contributed by atoms with Gasteiger partial charge in [0.2, 0.25) is 5.91 Å². The number of amides is 1. The van der Waals surface area contributed by atoms with Gasteiger partial charge in [0.25, 0.3) is 0 Å². The molecule has 2 aliphatic rings. The summed E-state index contributed by atoms with van der Waals surface area (Å²) in [5, 5.41) is 3.27. The van der Waals surface area contributed by atoms with Crippen LogP contribution in [0, 0.1) is 11.8 Å². The highest BCUT2D eigenvalue weighted by molar-refractivity contribution is 5.79. The van der Waals surface area contributed by atoms with E-state index in [9.17, 15) is 4.79 Å². The van der Waals surface area contributed by atoms with E-state index in [1.165, 1.54) is 18.4 Å². The first-order chi connectivity index (χ1) is 10.3. The van der Waals surface area contributed by atoms with Gasteiger partial charge in [-0.3, -0.25) is 4.79 Å². The van der Waals surface area contributed by atoms with E-state index in [-0.39, 0.29) is 17.9 Å². The topological polar surface area (TPSA) is 47.6 Å². The monoisotopic (exact) mass is 289 g/mol. The Kier molecular flexibility index (Phi) is 4.44. The number of carbonyl (C=O) groups excluding carboxylic acids is 1. The van der Waals surface area contributed by atoms with E-state index in [4.69, 9.17) is 9.47 Å². The fourth-order valence-electron chi connectivity index (χ4n) is 2.95. The van der Waals surface area contributed by atoms with Crippen LogP contribution in [0.2, 0.25) is 0 Å². The zero-order valence-electron chi connectivity index (χ0n) is 12.5. The van der Waals surface area contributed by atoms with E-state index in [2.05, 4.69) is 17.4 Å². The summed E-state index contributed by atoms with van der Waals surface area (Å²) in [6.45, 7) is 1.41. The van der Waals surface area contributed by atoms with E-state index in [0.717, 1.165) is 18.6 Å². The summed E-state index contributed by atoms with van der Waals surface area (Å²) in [5.74, 6) is 1.73. The maximum atomic E-state index is 12.4. The van der Waals surface area contributed by atoms with Crippen LogP contribution in [0.4, 0.5) is 0 Å². The summed E-state index contributed by atoms with van der Waals surface area (Å²) in [6, 6.07) is 8.20. The molecule has 4 nitrogen and oxygen atoms in total. The Morgan fingerprint density at radius 2 is 1.86 bits per heavy atom. The maximum Gasteiger partial charge on any atom is 0.223 e. The molecule has 0 aromatic heterocycles. The van der Waals surface area contributed by atoms with Gasteiger partial charge in [0.15, 0.2) is 0 Å². The Bertz CT molecular complexity index is 475. The summed E-state index contributed by atoms with van der Waals surface area (Å²) in [5.41, 5.74) is 1.18. The fraction of sp³-hybridized carbons (Fsp3) is 0.588. The minimum Gasteiger partial charge on any atom is -0.497 e. The van der Waals surface area contributed by atoms with Gasteiger partial charge in [-0.25, -0.2) is 0 Å². The van der Waals surface area contributed by atoms with Crippen LogP contribution in [0.3, 0.4) is 0 Å². The number of benzene rings is 1. The van der Waals surface area contributed by atoms with Crippen molar-refractivity contribution in [2.24, 2.45) is 11.8 Å². The van der Waals surface area contributed by atoms with Crippen molar-refractivity contribution in [2.45, 2.75) is 31.7 Å². The number of rotatable bonds is 5. The molecular formula is C17H23NO3. The van der Waals surface area contributed by atoms with Crippen molar-refractivity contribution in [3.05, 3.63) is 29.8 Å². The van der Waals surface area contributed by atoms with Gasteiger partial charge in [0, 0.05) is 19.1 Å². The molecule has 1 aliphatic heterocycles. The standard InChI is InChI=1S/C17H23NO3/c1-20-15-6-4-13(5-7-15)16(12-2-3-12)18-17(19)14-8-10-21-11-9-14/h4-7,12,14,16H,2-3,8-11H2,1H3,(H,18,19). The number of nitrogens with one attached hydrogen (secondary N) is 1. The van der Waals surface area contributed by atoms with Crippen LogP contribution in [0.15, 0.2) is 24.3 Å². The molecule has 1 unspecified atom stereocenters. The quantitative estimate of drug-likeness (QED) is 0.906. The molecule has 1 aliphatic carbocycles. The molecule has 1 N–H and O–H groups in total. The summed E-state index contributed by atoms with van der Waals surface area (Å²) >= 11 is 0. The summed E-state index contributed by atoms with van der Waals surface area (Å²) in [6.07, 6.45) is 4.08. The highest BCUT2D eigenvalue weighted by Crippen LogP contribution is 2.41. The van der Waals surface area contributed by atoms with E-state index in [1.807, 2.05) is 12.1 Å². The van der Waals surface area contributed by atoms with Crippen LogP contribution in [-0.4, -0.2) is 26.2 Å². The zero-order chi connectivity index (χ0) is 14.7. The number of methoxy groups -OCH3 is 1. The molecule has 1 atom stereocenters. The van der Waals surface area contributed by atoms with Crippen molar-refractivity contribution in [1.82, 2.24) is 5.32 Å². The van der Waals surface area contributed by atoms with Crippen molar-refractivity contribution in [3.8, 4) is 5.75 Å². The van der Waals surface area contributed by atoms with Crippen molar-refractivity contribution >= 4 is 5.91 Å². The number of hydrogen-bond acceptors (Lipinski definition) is 3. The molecule has 114 valence electrons. The van der Waals surface area contributed by atoms with Gasteiger partial charge in [-0.05, 0) is 49.3 Å². The third-order valence-electron chi connectivity index (χ3n) is 4.46. The third kappa shape index (κ3) is 3.56. The number of hydrogen-bond donors (Lipinski definition) is 1. The first-order valence-electron chi connectivity index (χ1n) is 7.80. The Balaban J connectivity index is 1.67. The SMILES string of the molecule is COc1ccc(C(NC(=O)C2CCOCC2)C2CC2)cc1. The molecule has 1 aromatic rings. The van der Waals surface area contributed by atoms with Gasteiger partial charge < -0.3 is 14.8 Å². The lowest BCUT2D eigenvalue weighted by Crippen LogP contribution is -2.37. The predicted molar refractivity (Wildman–Crippen MR) is 80.1 cm³/mol. The summed E-state index contributed by atoms with van der Waals surface area (Å²) in [4.78, 5) is 12.4. The highest BCUT2D eigenvalue weighted by Gasteiger charge is 2.35. The molecule has 4 heteroatoms. The summed E-state index contributed by atoms with van der Waals surface area (Å²) < 4.78 is 10.5. The highest BCUT2D eigenvalue weighted by atomic mass is 16.5. The molecule has 2 fully saturated rings. The predicted octanol–water partition coefficient (Wildman–Crippen LogP) is 2.69. The average Bonchev–Trinajstić information content (AvgIpc) is 3.38. The molecule has 1 amide bonds. The van der Waals surface area contributed by atoms with Crippen LogP contribution in [-0.2, 0) is 9.53 Å². The molecule has 1 aromatic carbocycles. The lowest BCUT2D eigenvalue weighted by atomic mass is 9.96. The molecule has 1 saturated heterocycles. The van der Waals surface area contributed by atoms with Gasteiger partial charge >= 0.3 is 0 Å². The number of ether oxygens (including phenoxy) is 2. The minimum absolute atomic E-state index is 0.109. The second kappa shape index (κ2) is 6.48. The average molecular weight is 289 g/mol. The van der Waals surface area contributed by atoms with Crippen molar-refractivity contribution < 1.29 is 14.3 Å². The van der Waals surface area contributed by atoms with E-state index >= 15 is 0 Å². The van der Waals surface area contributed by atoms with E-state index in [0.29, 0.717) is 19.1 Å². The van der Waals surface area contributed by atoms with Gasteiger partial charge in [0.05, 0.1) is 13.2 Å². The van der Waals surface area contributed by atoms with Crippen molar-refractivity contribution in [3.63, 3.8) is 0 Å². The first-order valence-corrected chi connectivity index (χ1v) is 7.80. The van der Waals surface area contributed by atoms with E-state index < -0.39 is 0 Å². The first kappa shape index (κ1) is 14.4. The van der Waals surface area contributed by atoms with Gasteiger partial charge in [-0.1, -0.05) is 12.1 Å². The Labute approximate surface area is 125 Å². The van der Waals surface area contributed by atoms with Crippen LogP contribution >= 0.6 is 0 Å². The van der Waals surface area contributed by atoms with Crippen LogP contribution in [0.1, 0.15) is 37.3 Å². The number of carbonyl (C=O) groups is 1. The second-order valence-electron chi connectivity index (χ2n) is 5.98. The lowest BCUT2D eigenvalue weighted by Gasteiger charge is -2.25. The van der Waals surface area contributed by atoms with Gasteiger partial charge in [-0.2, -0.15) is 0 Å². The molecule has 1 heterocycles. The molecular weight excluding hydrogens is 266 g/mol. The minimum atomic E-state index is 0.109. The molecule has 0 bridgehead atoms. The van der Waals surface area contributed by atoms with Crippen LogP contribution < -0.4 is 10.1 Å². The van der Waals surface area contributed by atoms with Crippen molar-refractivity contribution in [1.29, 1.82) is 0 Å². The normalized spacial score (nSPS) is 20.8. The van der Waals surface area contributed by atoms with Gasteiger partial charge in [0.1, 0.15) is 5.75 Å². The zero-order valence-corrected chi connectivity index (χ0v) is 12.5. The summed E-state index contributed by atoms with van der Waals surface area (Å²) in [7, 11) is 1.67. The Morgan fingerprint density at radius 1 is 1.19 bits per heavy atom. The van der Waals surface area contributed by atoms with E-state index in [1.54, 1.807) is 7.11 Å². The fourth-order valence-corrected chi connectivity index (χ4v) is 2.95. The molecule has 3 rings (SSSR count). The second-order valence-corrected chi connectivity index (χ2v) is 5.98. The Hall–Kier alpha value is -1.55. The smallest absolute Gasteiger partial charge is 0.223 e. The van der Waals surface area contributed by atoms with Crippen molar-refractivity contribution in [2.75, 3.05) is 20.3 Å².